The van der Waals surface area contributed by atoms with Crippen molar-refractivity contribution in [2.24, 2.45) is 0 Å². The van der Waals surface area contributed by atoms with Gasteiger partial charge in [-0.2, -0.15) is 0 Å². The standard InChI is InChI=1S/C16H21NOS/c1-11-10-16(13(3)19-11)12(2)17-15-6-4-14(5-7-15)8-9-18/h4-7,10,12,17-18H,8-9H2,1-3H3. The highest BCUT2D eigenvalue weighted by Crippen LogP contribution is 2.28. The van der Waals surface area contributed by atoms with Gasteiger partial charge in [0.15, 0.2) is 0 Å². The van der Waals surface area contributed by atoms with Gasteiger partial charge in [0.2, 0.25) is 0 Å². The van der Waals surface area contributed by atoms with Crippen molar-refractivity contribution >= 4 is 17.0 Å². The molecule has 2 N–H and O–H groups in total. The van der Waals surface area contributed by atoms with Crippen LogP contribution in [0.5, 0.6) is 0 Å². The number of aliphatic hydroxyl groups excluding tert-OH is 1. The van der Waals surface area contributed by atoms with Gasteiger partial charge >= 0.3 is 0 Å². The highest BCUT2D eigenvalue weighted by atomic mass is 32.1. The van der Waals surface area contributed by atoms with E-state index in [9.17, 15) is 0 Å². The van der Waals surface area contributed by atoms with Crippen LogP contribution < -0.4 is 5.32 Å². The Kier molecular flexibility index (Phi) is 4.61. The fraction of sp³-hybridized carbons (Fsp3) is 0.375. The van der Waals surface area contributed by atoms with E-state index in [0.29, 0.717) is 6.04 Å². The Bertz CT molecular complexity index is 530. The van der Waals surface area contributed by atoms with Gasteiger partial charge in [-0.3, -0.25) is 0 Å². The summed E-state index contributed by atoms with van der Waals surface area (Å²) >= 11 is 1.85. The van der Waals surface area contributed by atoms with E-state index in [1.807, 2.05) is 11.3 Å². The molecule has 1 unspecified atom stereocenters. The molecule has 0 radical (unpaired) electrons. The minimum atomic E-state index is 0.205. The number of rotatable bonds is 5. The maximum Gasteiger partial charge on any atom is 0.0496 e. The summed E-state index contributed by atoms with van der Waals surface area (Å²) in [6.07, 6.45) is 0.721. The molecule has 1 aromatic carbocycles. The van der Waals surface area contributed by atoms with Crippen molar-refractivity contribution in [3.63, 3.8) is 0 Å². The summed E-state index contributed by atoms with van der Waals surface area (Å²) in [4.78, 5) is 2.74. The van der Waals surface area contributed by atoms with E-state index in [1.165, 1.54) is 20.9 Å². The number of nitrogens with one attached hydrogen (secondary N) is 1. The first-order chi connectivity index (χ1) is 9.10. The Labute approximate surface area is 119 Å². The third-order valence-corrected chi connectivity index (χ3v) is 4.27. The summed E-state index contributed by atoms with van der Waals surface area (Å²) in [5.74, 6) is 0. The van der Waals surface area contributed by atoms with Crippen molar-refractivity contribution in [2.45, 2.75) is 33.2 Å². The van der Waals surface area contributed by atoms with Crippen LogP contribution in [-0.4, -0.2) is 11.7 Å². The molecule has 2 rings (SSSR count). The third kappa shape index (κ3) is 3.58. The molecule has 2 aromatic rings. The van der Waals surface area contributed by atoms with Gasteiger partial charge < -0.3 is 10.4 Å². The molecule has 102 valence electrons. The fourth-order valence-corrected chi connectivity index (χ4v) is 3.33. The molecule has 19 heavy (non-hydrogen) atoms. The van der Waals surface area contributed by atoms with E-state index in [4.69, 9.17) is 5.11 Å². The average molecular weight is 275 g/mol. The summed E-state index contributed by atoms with van der Waals surface area (Å²) in [7, 11) is 0. The van der Waals surface area contributed by atoms with Crippen molar-refractivity contribution in [1.82, 2.24) is 0 Å². The second kappa shape index (κ2) is 6.22. The molecule has 3 heteroatoms. The molecule has 0 spiro atoms. The summed E-state index contributed by atoms with van der Waals surface area (Å²) in [5.41, 5.74) is 3.67. The molecule has 0 saturated heterocycles. The van der Waals surface area contributed by atoms with Crippen molar-refractivity contribution in [3.05, 3.63) is 51.2 Å². The molecule has 0 fully saturated rings. The molecule has 0 bridgehead atoms. The van der Waals surface area contributed by atoms with Gasteiger partial charge in [0, 0.05) is 28.1 Å². The van der Waals surface area contributed by atoms with Crippen LogP contribution in [0.4, 0.5) is 5.69 Å². The maximum absolute atomic E-state index is 8.90. The Morgan fingerprint density at radius 1 is 1.21 bits per heavy atom. The molecule has 1 atom stereocenters. The van der Waals surface area contributed by atoms with Crippen LogP contribution in [0.15, 0.2) is 30.3 Å². The third-order valence-electron chi connectivity index (χ3n) is 3.28. The first-order valence-corrected chi connectivity index (χ1v) is 7.45. The highest BCUT2D eigenvalue weighted by Gasteiger charge is 2.10. The summed E-state index contributed by atoms with van der Waals surface area (Å²) in [6.45, 7) is 6.72. The van der Waals surface area contributed by atoms with Crippen LogP contribution >= 0.6 is 11.3 Å². The second-order valence-electron chi connectivity index (χ2n) is 4.91. The molecule has 0 aliphatic heterocycles. The van der Waals surface area contributed by atoms with Crippen LogP contribution in [0.1, 0.15) is 33.8 Å². The minimum Gasteiger partial charge on any atom is -0.396 e. The summed E-state index contributed by atoms with van der Waals surface area (Å²) in [5, 5.41) is 12.4. The quantitative estimate of drug-likeness (QED) is 0.862. The van der Waals surface area contributed by atoms with E-state index < -0.39 is 0 Å². The normalized spacial score (nSPS) is 12.4. The fourth-order valence-electron chi connectivity index (χ4n) is 2.30. The molecule has 1 aromatic heterocycles. The van der Waals surface area contributed by atoms with E-state index >= 15 is 0 Å². The minimum absolute atomic E-state index is 0.205. The van der Waals surface area contributed by atoms with E-state index in [2.05, 4.69) is 56.4 Å². The van der Waals surface area contributed by atoms with Gasteiger partial charge in [0.25, 0.3) is 0 Å². The number of hydrogen-bond donors (Lipinski definition) is 2. The number of benzene rings is 1. The van der Waals surface area contributed by atoms with Gasteiger partial charge in [0.1, 0.15) is 0 Å². The average Bonchev–Trinajstić information content (AvgIpc) is 2.71. The Hall–Kier alpha value is -1.32. The van der Waals surface area contributed by atoms with Crippen molar-refractivity contribution < 1.29 is 5.11 Å². The van der Waals surface area contributed by atoms with Gasteiger partial charge in [-0.15, -0.1) is 11.3 Å². The Morgan fingerprint density at radius 2 is 1.89 bits per heavy atom. The smallest absolute Gasteiger partial charge is 0.0496 e. The summed E-state index contributed by atoms with van der Waals surface area (Å²) in [6, 6.07) is 10.9. The molecular weight excluding hydrogens is 254 g/mol. The van der Waals surface area contributed by atoms with Crippen LogP contribution in [0, 0.1) is 13.8 Å². The first kappa shape index (κ1) is 14.1. The summed E-state index contributed by atoms with van der Waals surface area (Å²) < 4.78 is 0. The number of aliphatic hydroxyl groups is 1. The van der Waals surface area contributed by atoms with E-state index in [-0.39, 0.29) is 6.61 Å². The van der Waals surface area contributed by atoms with E-state index in [1.54, 1.807) is 0 Å². The predicted molar refractivity (Wildman–Crippen MR) is 83.1 cm³/mol. The molecule has 0 saturated carbocycles. The van der Waals surface area contributed by atoms with Gasteiger partial charge in [0.05, 0.1) is 0 Å². The zero-order valence-corrected chi connectivity index (χ0v) is 12.6. The van der Waals surface area contributed by atoms with Gasteiger partial charge in [-0.1, -0.05) is 12.1 Å². The molecular formula is C16H21NOS. The predicted octanol–water partition coefficient (Wildman–Crippen LogP) is 4.07. The second-order valence-corrected chi connectivity index (χ2v) is 6.37. The SMILES string of the molecule is Cc1cc(C(C)Nc2ccc(CCO)cc2)c(C)s1. The lowest BCUT2D eigenvalue weighted by Gasteiger charge is -2.15. The molecule has 0 amide bonds. The van der Waals surface area contributed by atoms with Crippen LogP contribution in [0.25, 0.3) is 0 Å². The molecule has 2 nitrogen and oxygen atoms in total. The number of hydrogen-bond acceptors (Lipinski definition) is 3. The Morgan fingerprint density at radius 3 is 2.42 bits per heavy atom. The zero-order valence-electron chi connectivity index (χ0n) is 11.7. The van der Waals surface area contributed by atoms with Gasteiger partial charge in [-0.25, -0.2) is 0 Å². The number of aryl methyl sites for hydroxylation is 2. The van der Waals surface area contributed by atoms with Crippen molar-refractivity contribution in [1.29, 1.82) is 0 Å². The van der Waals surface area contributed by atoms with E-state index in [0.717, 1.165) is 12.1 Å². The molecule has 0 aliphatic rings. The molecule has 0 aliphatic carbocycles. The topological polar surface area (TPSA) is 32.3 Å². The van der Waals surface area contributed by atoms with Crippen LogP contribution in [-0.2, 0) is 6.42 Å². The zero-order chi connectivity index (χ0) is 13.8. The lowest BCUT2D eigenvalue weighted by Crippen LogP contribution is -2.06. The number of anilines is 1. The number of thiophene rings is 1. The molecule has 1 heterocycles. The monoisotopic (exact) mass is 275 g/mol. The Balaban J connectivity index is 2.06. The lowest BCUT2D eigenvalue weighted by atomic mass is 10.1. The van der Waals surface area contributed by atoms with Crippen LogP contribution in [0.3, 0.4) is 0 Å². The lowest BCUT2D eigenvalue weighted by molar-refractivity contribution is 0.299. The van der Waals surface area contributed by atoms with Crippen LogP contribution in [0.2, 0.25) is 0 Å². The van der Waals surface area contributed by atoms with Crippen molar-refractivity contribution in [3.8, 4) is 0 Å². The largest absolute Gasteiger partial charge is 0.396 e. The maximum atomic E-state index is 8.90. The van der Waals surface area contributed by atoms with Crippen molar-refractivity contribution in [2.75, 3.05) is 11.9 Å². The highest BCUT2D eigenvalue weighted by molar-refractivity contribution is 7.12. The van der Waals surface area contributed by atoms with Gasteiger partial charge in [-0.05, 0) is 56.5 Å². The first-order valence-electron chi connectivity index (χ1n) is 6.63.